The highest BCUT2D eigenvalue weighted by Crippen LogP contribution is 2.89. The summed E-state index contributed by atoms with van der Waals surface area (Å²) in [4.78, 5) is 0. The van der Waals surface area contributed by atoms with Gasteiger partial charge < -0.3 is 4.48 Å². The van der Waals surface area contributed by atoms with Crippen LogP contribution in [0, 0.1) is 43.3 Å². The van der Waals surface area contributed by atoms with Gasteiger partial charge in [0.25, 0.3) is 0 Å². The molecule has 0 atom stereocenters. The molecule has 1 aliphatic heterocycles. The fraction of sp³-hybridized carbons (Fsp3) is 1.00. The summed E-state index contributed by atoms with van der Waals surface area (Å²) in [6.07, 6.45) is 27.9. The van der Waals surface area contributed by atoms with E-state index in [0.29, 0.717) is 0 Å². The molecule has 8 spiro atoms. The number of nitrogens with zero attached hydrogens (tertiary/aromatic N) is 1. The summed E-state index contributed by atoms with van der Waals surface area (Å²) < 4.78 is 1.30. The van der Waals surface area contributed by atoms with Crippen molar-refractivity contribution in [2.75, 3.05) is 27.2 Å². The second kappa shape index (κ2) is 4.25. The number of rotatable bonds is 0. The second-order valence-electron chi connectivity index (χ2n) is 17.6. The van der Waals surface area contributed by atoms with E-state index < -0.39 is 0 Å². The molecular weight excluding hydrogens is 362 g/mol. The summed E-state index contributed by atoms with van der Waals surface area (Å²) in [5, 5.41) is 0. The number of quaternary nitrogens is 1. The Morgan fingerprint density at radius 3 is 0.867 bits per heavy atom. The zero-order chi connectivity index (χ0) is 19.9. The van der Waals surface area contributed by atoms with E-state index in [1.807, 2.05) is 0 Å². The van der Waals surface area contributed by atoms with Crippen molar-refractivity contribution < 1.29 is 4.48 Å². The Morgan fingerprint density at radius 2 is 0.633 bits per heavy atom. The van der Waals surface area contributed by atoms with Crippen LogP contribution in [0.4, 0.5) is 0 Å². The van der Waals surface area contributed by atoms with E-state index in [-0.39, 0.29) is 0 Å². The molecule has 0 aromatic heterocycles. The van der Waals surface area contributed by atoms with Gasteiger partial charge >= 0.3 is 0 Å². The summed E-state index contributed by atoms with van der Waals surface area (Å²) in [5.41, 5.74) is 6.94. The summed E-state index contributed by atoms with van der Waals surface area (Å²) in [6.45, 7) is 2.97. The highest BCUT2D eigenvalue weighted by molar-refractivity contribution is 5.28. The topological polar surface area (TPSA) is 0 Å². The first kappa shape index (κ1) is 17.4. The van der Waals surface area contributed by atoms with Gasteiger partial charge in [-0.15, -0.1) is 0 Å². The van der Waals surface area contributed by atoms with Gasteiger partial charge in [0.05, 0.1) is 32.6 Å². The summed E-state index contributed by atoms with van der Waals surface area (Å²) >= 11 is 0. The van der Waals surface area contributed by atoms with Crippen LogP contribution in [0.1, 0.15) is 109 Å². The summed E-state index contributed by atoms with van der Waals surface area (Å²) in [6, 6.07) is 0. The monoisotopic (exact) mass is 406 g/mol. The first-order valence-corrected chi connectivity index (χ1v) is 13.8. The normalized spacial score (nSPS) is 44.2. The number of hydrogen-bond acceptors (Lipinski definition) is 0. The van der Waals surface area contributed by atoms with Gasteiger partial charge in [-0.2, -0.15) is 0 Å². The molecule has 1 saturated heterocycles. The molecule has 0 unspecified atom stereocenters. The van der Waals surface area contributed by atoms with E-state index in [9.17, 15) is 0 Å². The molecule has 9 aliphatic rings. The van der Waals surface area contributed by atoms with E-state index in [4.69, 9.17) is 0 Å². The lowest BCUT2D eigenvalue weighted by atomic mass is 9.22. The average molecular weight is 407 g/mol. The zero-order valence-electron chi connectivity index (χ0n) is 19.9. The molecule has 8 aliphatic carbocycles. The van der Waals surface area contributed by atoms with Crippen molar-refractivity contribution in [2.24, 2.45) is 43.3 Å². The van der Waals surface area contributed by atoms with Gasteiger partial charge in [0.2, 0.25) is 0 Å². The van der Waals surface area contributed by atoms with Crippen molar-refractivity contribution in [3.63, 3.8) is 0 Å². The molecule has 0 amide bonds. The SMILES string of the molecule is C[N+]1(C)CC2(CC3(CC4(CC5(CC6(CC7(CC8(CC9(CCC9)C8)C7)C6)C5)C4)C3)C2)C1. The lowest BCUT2D eigenvalue weighted by molar-refractivity contribution is -0.955. The molecule has 0 radical (unpaired) electrons. The molecule has 0 aromatic rings. The average Bonchev–Trinajstić information content (AvgIpc) is 2.33. The van der Waals surface area contributed by atoms with Crippen molar-refractivity contribution in [1.82, 2.24) is 0 Å². The molecule has 8 saturated carbocycles. The summed E-state index contributed by atoms with van der Waals surface area (Å²) in [7, 11) is 4.87. The van der Waals surface area contributed by atoms with Crippen LogP contribution in [0.3, 0.4) is 0 Å². The third-order valence-electron chi connectivity index (χ3n) is 13.4. The first-order chi connectivity index (χ1) is 14.0. The predicted octanol–water partition coefficient (Wildman–Crippen LogP) is 6.71. The van der Waals surface area contributed by atoms with E-state index in [2.05, 4.69) is 14.1 Å². The highest BCUT2D eigenvalue weighted by atomic mass is 15.4. The van der Waals surface area contributed by atoms with Crippen molar-refractivity contribution in [1.29, 1.82) is 0 Å². The van der Waals surface area contributed by atoms with Gasteiger partial charge in [0, 0.05) is 0 Å². The zero-order valence-corrected chi connectivity index (χ0v) is 19.9. The van der Waals surface area contributed by atoms with Crippen LogP contribution in [0.25, 0.3) is 0 Å². The minimum Gasteiger partial charge on any atom is -0.327 e. The van der Waals surface area contributed by atoms with E-state index in [1.165, 1.54) is 17.6 Å². The predicted molar refractivity (Wildman–Crippen MR) is 120 cm³/mol. The minimum absolute atomic E-state index is 0.812. The molecular formula is C29H44N+. The van der Waals surface area contributed by atoms with Gasteiger partial charge in [-0.25, -0.2) is 0 Å². The van der Waals surface area contributed by atoms with Gasteiger partial charge in [-0.05, 0) is 141 Å². The fourth-order valence-corrected chi connectivity index (χ4v) is 15.3. The van der Waals surface area contributed by atoms with Crippen LogP contribution in [-0.2, 0) is 0 Å². The Bertz CT molecular complexity index is 820. The molecule has 30 heavy (non-hydrogen) atoms. The second-order valence-corrected chi connectivity index (χ2v) is 17.6. The van der Waals surface area contributed by atoms with E-state index in [1.54, 1.807) is 109 Å². The van der Waals surface area contributed by atoms with E-state index in [0.717, 1.165) is 43.3 Å². The highest BCUT2D eigenvalue weighted by Gasteiger charge is 2.79. The third-order valence-corrected chi connectivity index (χ3v) is 13.4. The van der Waals surface area contributed by atoms with Gasteiger partial charge in [0.15, 0.2) is 0 Å². The Labute approximate surface area is 184 Å². The van der Waals surface area contributed by atoms with Crippen molar-refractivity contribution in [3.8, 4) is 0 Å². The van der Waals surface area contributed by atoms with Gasteiger partial charge in [0.1, 0.15) is 0 Å². The maximum Gasteiger partial charge on any atom is 0.0894 e. The van der Waals surface area contributed by atoms with Crippen molar-refractivity contribution in [3.05, 3.63) is 0 Å². The summed E-state index contributed by atoms with van der Waals surface area (Å²) in [5.74, 6) is 0. The number of likely N-dealkylation sites (tertiary alicyclic amines) is 1. The lowest BCUT2D eigenvalue weighted by Gasteiger charge is -2.83. The molecule has 1 heterocycles. The fourth-order valence-electron chi connectivity index (χ4n) is 15.3. The van der Waals surface area contributed by atoms with Crippen LogP contribution in [0.15, 0.2) is 0 Å². The van der Waals surface area contributed by atoms with Gasteiger partial charge in [-0.1, -0.05) is 6.42 Å². The molecule has 9 fully saturated rings. The molecule has 0 aromatic carbocycles. The minimum atomic E-state index is 0.812. The Hall–Kier alpha value is -0.0400. The smallest absolute Gasteiger partial charge is 0.0894 e. The Balaban J connectivity index is 0.766. The van der Waals surface area contributed by atoms with Gasteiger partial charge in [-0.3, -0.25) is 0 Å². The maximum atomic E-state index is 2.44. The number of hydrogen-bond donors (Lipinski definition) is 0. The lowest BCUT2D eigenvalue weighted by Crippen LogP contribution is -2.76. The van der Waals surface area contributed by atoms with E-state index >= 15 is 0 Å². The van der Waals surface area contributed by atoms with Crippen molar-refractivity contribution >= 4 is 0 Å². The molecule has 1 heteroatoms. The molecule has 1 nitrogen and oxygen atoms in total. The van der Waals surface area contributed by atoms with Crippen LogP contribution in [-0.4, -0.2) is 31.7 Å². The van der Waals surface area contributed by atoms with Crippen LogP contribution in [0.2, 0.25) is 0 Å². The first-order valence-electron chi connectivity index (χ1n) is 13.8. The van der Waals surface area contributed by atoms with Crippen molar-refractivity contribution in [2.45, 2.75) is 109 Å². The standard InChI is InChI=1S/C29H44N/c1-30(2)20-29(21-30)18-28(19-29)16-27(17-28)14-26(15-27)12-25(13-26)10-24(11-25)8-23(9-24)6-22(7-23)4-3-5-22/h3-21H2,1-2H3/q+1. The molecule has 0 bridgehead atoms. The Kier molecular flexibility index (Phi) is 2.47. The Morgan fingerprint density at radius 1 is 0.367 bits per heavy atom. The van der Waals surface area contributed by atoms with Crippen LogP contribution in [0.5, 0.6) is 0 Å². The quantitative estimate of drug-likeness (QED) is 0.392. The largest absolute Gasteiger partial charge is 0.327 e. The maximum absolute atomic E-state index is 2.44. The molecule has 164 valence electrons. The molecule has 9 rings (SSSR count). The van der Waals surface area contributed by atoms with Crippen LogP contribution < -0.4 is 0 Å². The molecule has 0 N–H and O–H groups in total. The van der Waals surface area contributed by atoms with Crippen LogP contribution >= 0.6 is 0 Å². The third kappa shape index (κ3) is 1.88.